The Labute approximate surface area is 439 Å². The molecule has 0 unspecified atom stereocenters. The third-order valence-corrected chi connectivity index (χ3v) is 15.5. The van der Waals surface area contributed by atoms with Crippen LogP contribution in [0.4, 0.5) is 5.69 Å². The van der Waals surface area contributed by atoms with E-state index in [0.29, 0.717) is 34.0 Å². The average molecular weight is 987 g/mol. The van der Waals surface area contributed by atoms with E-state index in [2.05, 4.69) is 117 Å². The normalized spacial score (nSPS) is 13.0. The number of nitrogens with zero attached hydrogens (tertiary/aromatic N) is 4. The van der Waals surface area contributed by atoms with Crippen molar-refractivity contribution in [1.29, 1.82) is 5.26 Å². The van der Waals surface area contributed by atoms with Crippen molar-refractivity contribution in [2.45, 2.75) is 5.79 Å². The monoisotopic (exact) mass is 986 g/mol. The lowest BCUT2D eigenvalue weighted by atomic mass is 9.97. The summed E-state index contributed by atoms with van der Waals surface area (Å²) in [5.41, 5.74) is 12.6. The fraction of sp³-hybridized carbons (Fsp3) is 0.0145. The number of fused-ring (bicyclic) bond motifs is 13. The Morgan fingerprint density at radius 1 is 0.377 bits per heavy atom. The Bertz CT molecular complexity index is 4740. The molecule has 0 atom stereocenters. The van der Waals surface area contributed by atoms with E-state index in [1.165, 1.54) is 0 Å². The zero-order valence-electron chi connectivity index (χ0n) is 40.9. The van der Waals surface area contributed by atoms with E-state index >= 15 is 0 Å². The molecule has 4 aromatic heterocycles. The number of hydrogen-bond donors (Lipinski definition) is 0. The first-order valence-corrected chi connectivity index (χ1v) is 25.5. The van der Waals surface area contributed by atoms with Crippen molar-refractivity contribution in [3.8, 4) is 51.2 Å². The van der Waals surface area contributed by atoms with Crippen LogP contribution in [0.15, 0.2) is 239 Å². The molecular weight excluding hydrogens is 949 g/mol. The van der Waals surface area contributed by atoms with Gasteiger partial charge in [0.1, 0.15) is 33.7 Å². The first kappa shape index (κ1) is 42.7. The van der Waals surface area contributed by atoms with Crippen LogP contribution in [0, 0.1) is 17.9 Å². The second-order valence-electron chi connectivity index (χ2n) is 19.6. The number of nitriles is 1. The maximum Gasteiger partial charge on any atom is 0.305 e. The summed E-state index contributed by atoms with van der Waals surface area (Å²) in [6.45, 7) is 9.35. The van der Waals surface area contributed by atoms with Crippen LogP contribution in [0.3, 0.4) is 0 Å². The number of benzene rings is 11. The van der Waals surface area contributed by atoms with Crippen LogP contribution in [-0.4, -0.2) is 9.13 Å². The molecule has 0 saturated heterocycles. The molecule has 0 aliphatic carbocycles. The summed E-state index contributed by atoms with van der Waals surface area (Å²) in [5, 5.41) is 19.7. The van der Waals surface area contributed by atoms with Gasteiger partial charge in [-0.25, -0.2) is 4.85 Å². The first-order chi connectivity index (χ1) is 38.1. The second kappa shape index (κ2) is 16.1. The Kier molecular flexibility index (Phi) is 8.92. The smallest absolute Gasteiger partial charge is 0.305 e. The van der Waals surface area contributed by atoms with E-state index in [0.717, 1.165) is 110 Å². The second-order valence-corrected chi connectivity index (χ2v) is 19.6. The van der Waals surface area contributed by atoms with Gasteiger partial charge in [-0.15, -0.1) is 0 Å². The van der Waals surface area contributed by atoms with Crippen LogP contribution in [0.25, 0.3) is 126 Å². The van der Waals surface area contributed by atoms with Gasteiger partial charge in [-0.05, 0) is 70.8 Å². The molecule has 0 N–H and O–H groups in total. The average Bonchev–Trinajstić information content (AvgIpc) is 4.46. The van der Waals surface area contributed by atoms with E-state index in [-0.39, 0.29) is 11.3 Å². The minimum absolute atomic E-state index is 0.0955. The molecule has 0 radical (unpaired) electrons. The first-order valence-electron chi connectivity index (χ1n) is 25.5. The molecule has 0 saturated carbocycles. The lowest BCUT2D eigenvalue weighted by Crippen LogP contribution is -2.37. The topological polar surface area (TPSA) is 82.8 Å². The standard InChI is InChI=1S/C69H38N4O4/c1-71-64-55(40-70)65(72-56-32-30-43(41-18-6-2-7-19-41)34-49(56)51-36-53-47-26-14-16-28-60(47)74-62(53)38-58(51)72)67-68(77-69(76-67,45-22-10-4-11-23-45)46-24-12-5-13-25-46)66(64)73-57-33-31-44(42-20-8-3-9-21-42)35-50(57)52-37-54-48-27-15-17-29-61(48)75-63(54)39-59(52)73/h2-39H. The highest BCUT2D eigenvalue weighted by molar-refractivity contribution is 6.20. The van der Waals surface area contributed by atoms with E-state index in [1.807, 2.05) is 133 Å². The minimum Gasteiger partial charge on any atom is -0.456 e. The van der Waals surface area contributed by atoms with Gasteiger partial charge in [-0.1, -0.05) is 170 Å². The zero-order valence-corrected chi connectivity index (χ0v) is 40.9. The fourth-order valence-electron chi connectivity index (χ4n) is 12.1. The third-order valence-electron chi connectivity index (χ3n) is 15.5. The highest BCUT2D eigenvalue weighted by Gasteiger charge is 2.50. The number of furan rings is 2. The molecule has 8 heteroatoms. The number of para-hydroxylation sites is 2. The molecule has 1 aliphatic heterocycles. The molecular formula is C69H38N4O4. The highest BCUT2D eigenvalue weighted by Crippen LogP contribution is 2.60. The van der Waals surface area contributed by atoms with Crippen molar-refractivity contribution in [2.24, 2.45) is 0 Å². The summed E-state index contributed by atoms with van der Waals surface area (Å²) in [6.07, 6.45) is 0. The molecule has 0 fully saturated rings. The van der Waals surface area contributed by atoms with E-state index in [9.17, 15) is 11.8 Å². The molecule has 5 heterocycles. The van der Waals surface area contributed by atoms with Gasteiger partial charge < -0.3 is 27.4 Å². The van der Waals surface area contributed by atoms with Gasteiger partial charge in [0.05, 0.1) is 40.3 Å². The van der Waals surface area contributed by atoms with Crippen molar-refractivity contribution < 1.29 is 18.3 Å². The summed E-state index contributed by atoms with van der Waals surface area (Å²) < 4.78 is 32.8. The van der Waals surface area contributed by atoms with Crippen molar-refractivity contribution >= 4 is 93.2 Å². The van der Waals surface area contributed by atoms with E-state index in [4.69, 9.17) is 18.3 Å². The predicted molar refractivity (Wildman–Crippen MR) is 306 cm³/mol. The maximum absolute atomic E-state index is 12.0. The largest absolute Gasteiger partial charge is 0.456 e. The van der Waals surface area contributed by atoms with Crippen molar-refractivity contribution in [1.82, 2.24) is 9.13 Å². The molecule has 16 rings (SSSR count). The number of rotatable bonds is 6. The SMILES string of the molecule is [C-]#[N+]c1c(C#N)c(-n2c3ccc(-c4ccccc4)cc3c3cc4c(cc32)oc2ccccc24)c2c(c1-n1c3ccc(-c4ccccc4)cc3c3cc4c(cc31)oc1ccccc14)OC(c1ccccc1)(c1ccccc1)O2. The van der Waals surface area contributed by atoms with Gasteiger partial charge in [0, 0.05) is 66.3 Å². The van der Waals surface area contributed by atoms with Crippen molar-refractivity contribution in [3.63, 3.8) is 0 Å². The Morgan fingerprint density at radius 2 is 0.792 bits per heavy atom. The van der Waals surface area contributed by atoms with Gasteiger partial charge in [0.15, 0.2) is 11.5 Å². The van der Waals surface area contributed by atoms with Crippen LogP contribution >= 0.6 is 0 Å². The Hall–Kier alpha value is -10.8. The molecule has 11 aromatic carbocycles. The van der Waals surface area contributed by atoms with Crippen LogP contribution in [-0.2, 0) is 5.79 Å². The molecule has 15 aromatic rings. The summed E-state index contributed by atoms with van der Waals surface area (Å²) in [5.74, 6) is -0.986. The molecule has 0 bridgehead atoms. The van der Waals surface area contributed by atoms with Gasteiger partial charge in [0.2, 0.25) is 5.69 Å². The molecule has 8 nitrogen and oxygen atoms in total. The maximum atomic E-state index is 12.0. The summed E-state index contributed by atoms with van der Waals surface area (Å²) in [6, 6.07) is 80.5. The summed E-state index contributed by atoms with van der Waals surface area (Å²) in [4.78, 5) is 4.42. The Morgan fingerprint density at radius 3 is 1.26 bits per heavy atom. The number of aromatic nitrogens is 2. The molecule has 77 heavy (non-hydrogen) atoms. The molecule has 0 spiro atoms. The van der Waals surface area contributed by atoms with Gasteiger partial charge >= 0.3 is 5.79 Å². The van der Waals surface area contributed by atoms with E-state index in [1.54, 1.807) is 0 Å². The van der Waals surface area contributed by atoms with Gasteiger partial charge in [0.25, 0.3) is 0 Å². The Balaban J connectivity index is 1.08. The lowest BCUT2D eigenvalue weighted by Gasteiger charge is -2.29. The lowest BCUT2D eigenvalue weighted by molar-refractivity contribution is -0.0458. The van der Waals surface area contributed by atoms with Crippen LogP contribution < -0.4 is 9.47 Å². The van der Waals surface area contributed by atoms with Crippen molar-refractivity contribution in [3.05, 3.63) is 259 Å². The van der Waals surface area contributed by atoms with Crippen LogP contribution in [0.1, 0.15) is 16.7 Å². The van der Waals surface area contributed by atoms with Crippen molar-refractivity contribution in [2.75, 3.05) is 0 Å². The number of ether oxygens (including phenoxy) is 2. The zero-order chi connectivity index (χ0) is 50.9. The number of hydrogen-bond acceptors (Lipinski definition) is 5. The molecule has 1 aliphatic rings. The van der Waals surface area contributed by atoms with E-state index < -0.39 is 5.79 Å². The van der Waals surface area contributed by atoms with Crippen LogP contribution in [0.5, 0.6) is 11.5 Å². The predicted octanol–water partition coefficient (Wildman–Crippen LogP) is 18.1. The molecule has 0 amide bonds. The summed E-state index contributed by atoms with van der Waals surface area (Å²) >= 11 is 0. The highest BCUT2D eigenvalue weighted by atomic mass is 16.7. The third kappa shape index (κ3) is 6.07. The quantitative estimate of drug-likeness (QED) is 0.155. The molecule has 358 valence electrons. The van der Waals surface area contributed by atoms with Gasteiger partial charge in [-0.2, -0.15) is 5.26 Å². The van der Waals surface area contributed by atoms with Crippen LogP contribution in [0.2, 0.25) is 0 Å². The fourth-order valence-corrected chi connectivity index (χ4v) is 12.1. The van der Waals surface area contributed by atoms with Gasteiger partial charge in [-0.3, -0.25) is 0 Å². The summed E-state index contributed by atoms with van der Waals surface area (Å²) in [7, 11) is 0. The minimum atomic E-state index is -1.59.